The second-order valence-electron chi connectivity index (χ2n) is 31.4. The fourth-order valence-corrected chi connectivity index (χ4v) is 19.1. The van der Waals surface area contributed by atoms with E-state index in [2.05, 4.69) is 47.6 Å². The van der Waals surface area contributed by atoms with Crippen molar-refractivity contribution in [1.29, 1.82) is 0 Å². The van der Waals surface area contributed by atoms with Crippen LogP contribution in [0.3, 0.4) is 0 Å². The van der Waals surface area contributed by atoms with Gasteiger partial charge in [-0.25, -0.2) is 0 Å². The van der Waals surface area contributed by atoms with Crippen molar-refractivity contribution in [2.24, 2.45) is 50.2 Å². The van der Waals surface area contributed by atoms with Gasteiger partial charge in [0, 0.05) is 5.41 Å². The third-order valence-electron chi connectivity index (χ3n) is 25.1. The van der Waals surface area contributed by atoms with E-state index in [0.717, 1.165) is 5.57 Å². The summed E-state index contributed by atoms with van der Waals surface area (Å²) < 4.78 is 71.9. The van der Waals surface area contributed by atoms with Gasteiger partial charge in [-0.15, -0.1) is 0 Å². The normalized spacial score (nSPS) is 54.1. The molecule has 11 rings (SSSR count). The van der Waals surface area contributed by atoms with Crippen molar-refractivity contribution in [3.8, 4) is 0 Å². The summed E-state index contributed by atoms with van der Waals surface area (Å²) in [6, 6.07) is 0. The Hall–Kier alpha value is -1.95. The molecule has 18 N–H and O–H groups in total. The molecule has 31 nitrogen and oxygen atoms in total. The highest BCUT2D eigenvalue weighted by Gasteiger charge is 2.72. The topological polar surface area (TPSA) is 492 Å². The van der Waals surface area contributed by atoms with Crippen molar-refractivity contribution in [1.82, 2.24) is 0 Å². The smallest absolute Gasteiger partial charge is 0.315 e. The molecular weight excluding hydrogens is 1280 g/mol. The van der Waals surface area contributed by atoms with Crippen LogP contribution < -0.4 is 0 Å². The zero-order valence-corrected chi connectivity index (χ0v) is 55.6. The summed E-state index contributed by atoms with van der Waals surface area (Å²) in [6.45, 7) is 13.1. The van der Waals surface area contributed by atoms with E-state index in [0.29, 0.717) is 57.8 Å². The van der Waals surface area contributed by atoms with E-state index in [1.165, 1.54) is 13.8 Å². The molecule has 0 aromatic heterocycles. The fourth-order valence-electron chi connectivity index (χ4n) is 19.1. The van der Waals surface area contributed by atoms with Crippen LogP contribution in [0.25, 0.3) is 0 Å². The maximum absolute atomic E-state index is 15.4. The van der Waals surface area contributed by atoms with Crippen LogP contribution in [0, 0.1) is 50.2 Å². The first kappa shape index (κ1) is 75.2. The van der Waals surface area contributed by atoms with Gasteiger partial charge in [0.15, 0.2) is 31.5 Å². The summed E-state index contributed by atoms with van der Waals surface area (Å²) in [4.78, 5) is 15.4. The minimum atomic E-state index is -1.95. The van der Waals surface area contributed by atoms with Crippen LogP contribution in [-0.4, -0.2) is 315 Å². The van der Waals surface area contributed by atoms with E-state index in [-0.39, 0.29) is 42.3 Å². The van der Waals surface area contributed by atoms with Crippen LogP contribution in [0.2, 0.25) is 0 Å². The average molecular weight is 1380 g/mol. The molecule has 0 amide bonds. The van der Waals surface area contributed by atoms with E-state index >= 15 is 4.79 Å². The molecule has 0 radical (unpaired) electrons. The average Bonchev–Trinajstić information content (AvgIpc) is 0.673. The number of hydrogen-bond acceptors (Lipinski definition) is 31. The Balaban J connectivity index is 0.788. The van der Waals surface area contributed by atoms with Crippen LogP contribution in [-0.2, 0) is 61.6 Å². The molecule has 10 fully saturated rings. The predicted octanol–water partition coefficient (Wildman–Crippen LogP) is -4.72. The highest BCUT2D eigenvalue weighted by Crippen LogP contribution is 2.76. The molecule has 37 atom stereocenters. The molecule has 0 bridgehead atoms. The molecule has 0 spiro atoms. The maximum atomic E-state index is 15.4. The Morgan fingerprint density at radius 1 is 0.500 bits per heavy atom. The van der Waals surface area contributed by atoms with E-state index in [1.54, 1.807) is 0 Å². The van der Waals surface area contributed by atoms with E-state index in [9.17, 15) is 91.9 Å². The van der Waals surface area contributed by atoms with Crippen molar-refractivity contribution in [2.75, 3.05) is 33.0 Å². The first-order valence-corrected chi connectivity index (χ1v) is 34.1. The number of aliphatic hydroxyl groups excluding tert-OH is 18. The van der Waals surface area contributed by atoms with Gasteiger partial charge in [0.05, 0.1) is 56.8 Å². The zero-order valence-electron chi connectivity index (χ0n) is 55.6. The van der Waals surface area contributed by atoms with E-state index in [4.69, 9.17) is 56.8 Å². The first-order valence-electron chi connectivity index (χ1n) is 34.1. The zero-order chi connectivity index (χ0) is 70.0. The van der Waals surface area contributed by atoms with Gasteiger partial charge in [-0.3, -0.25) is 4.79 Å². The van der Waals surface area contributed by atoms with Crippen LogP contribution in [0.5, 0.6) is 0 Å². The van der Waals surface area contributed by atoms with Gasteiger partial charge in [-0.2, -0.15) is 0 Å². The minimum absolute atomic E-state index is 0.000693. The van der Waals surface area contributed by atoms with Gasteiger partial charge < -0.3 is 149 Å². The maximum Gasteiger partial charge on any atom is 0.315 e. The molecule has 6 heterocycles. The van der Waals surface area contributed by atoms with Gasteiger partial charge in [0.1, 0.15) is 128 Å². The molecule has 96 heavy (non-hydrogen) atoms. The number of fused-ring (bicyclic) bond motifs is 7. The highest BCUT2D eigenvalue weighted by molar-refractivity contribution is 5.79. The number of aliphatic hydroxyl groups is 18. The number of ether oxygens (including phenoxy) is 12. The van der Waals surface area contributed by atoms with Crippen LogP contribution >= 0.6 is 0 Å². The Morgan fingerprint density at radius 3 is 1.64 bits per heavy atom. The quantitative estimate of drug-likeness (QED) is 0.0392. The van der Waals surface area contributed by atoms with Crippen molar-refractivity contribution in [3.63, 3.8) is 0 Å². The molecule has 552 valence electrons. The summed E-state index contributed by atoms with van der Waals surface area (Å²) in [5.74, 6) is -1.16. The summed E-state index contributed by atoms with van der Waals surface area (Å²) in [5, 5.41) is 196. The lowest BCUT2D eigenvalue weighted by Crippen LogP contribution is -2.67. The van der Waals surface area contributed by atoms with Crippen molar-refractivity contribution in [2.45, 2.75) is 304 Å². The standard InChI is InChI=1S/C65H106O31/c1-25-36(69)41(74)46(79)54(87-25)94-51-30(21-67)90-53(50(83)45(51)78)85-22-31-39(72)44(77)49(82)57(91-31)96-59(84)64-16-15-60(3,4)19-28(64)27-9-10-34-62(7)13-12-35(61(5,6)33(62)11-14-63(34,8)65(27,24-68)18-17-64)93-58-52(95-55-47(80)42(75)37(70)26(2)88-55)40(73)32(23-86-58)92-56-48(81)43(76)38(71)29(20-66)89-56/h9,25-26,28-58,66-83H,10-24H2,1-8H3/t25-,26-,28-,29+,30+,31+,32-,33-,34+,35-,36-,37-,38+,39+,40-,41+,42+,43-,44-,45+,46+,47+,48+,49+,50+,51+,52+,53+,54-,55-,56-,57-,58-,62-,63+,64-,65-/m0/s1. The van der Waals surface area contributed by atoms with Gasteiger partial charge in [-0.05, 0) is 117 Å². The molecule has 0 unspecified atom stereocenters. The second kappa shape index (κ2) is 28.3. The summed E-state index contributed by atoms with van der Waals surface area (Å²) >= 11 is 0. The number of hydrogen-bond donors (Lipinski definition) is 18. The third kappa shape index (κ3) is 12.8. The Kier molecular flexibility index (Phi) is 22.1. The van der Waals surface area contributed by atoms with Crippen molar-refractivity contribution >= 4 is 5.97 Å². The minimum Gasteiger partial charge on any atom is -0.432 e. The largest absolute Gasteiger partial charge is 0.432 e. The molecule has 0 aromatic rings. The van der Waals surface area contributed by atoms with Crippen LogP contribution in [0.4, 0.5) is 0 Å². The number of carbonyl (C=O) groups is 1. The van der Waals surface area contributed by atoms with Crippen molar-refractivity contribution < 1.29 is 154 Å². The Bertz CT molecular complexity index is 2690. The molecule has 6 saturated heterocycles. The molecule has 0 aromatic carbocycles. The molecule has 6 aliphatic heterocycles. The van der Waals surface area contributed by atoms with E-state index < -0.39 is 238 Å². The molecular formula is C65H106O31. The van der Waals surface area contributed by atoms with Crippen molar-refractivity contribution in [3.05, 3.63) is 11.6 Å². The highest BCUT2D eigenvalue weighted by atomic mass is 16.8. The Morgan fingerprint density at radius 2 is 1.03 bits per heavy atom. The molecule has 11 aliphatic rings. The summed E-state index contributed by atoms with van der Waals surface area (Å²) in [5.41, 5.74) is -2.81. The lowest BCUT2D eigenvalue weighted by atomic mass is 9.33. The third-order valence-corrected chi connectivity index (χ3v) is 25.1. The number of carbonyl (C=O) groups excluding carboxylic acids is 1. The lowest BCUT2D eigenvalue weighted by molar-refractivity contribution is -0.380. The number of rotatable bonds is 16. The number of esters is 1. The fraction of sp³-hybridized carbons (Fsp3) is 0.954. The van der Waals surface area contributed by atoms with E-state index in [1.807, 2.05) is 0 Å². The summed E-state index contributed by atoms with van der Waals surface area (Å²) in [6.07, 6.45) is -40.2. The molecule has 31 heteroatoms. The summed E-state index contributed by atoms with van der Waals surface area (Å²) in [7, 11) is 0. The Labute approximate surface area is 556 Å². The monoisotopic (exact) mass is 1380 g/mol. The van der Waals surface area contributed by atoms with Gasteiger partial charge in [-0.1, -0.05) is 53.2 Å². The number of allylic oxidation sites excluding steroid dienone is 1. The predicted molar refractivity (Wildman–Crippen MR) is 321 cm³/mol. The van der Waals surface area contributed by atoms with Crippen LogP contribution in [0.1, 0.15) is 120 Å². The van der Waals surface area contributed by atoms with Gasteiger partial charge in [0.2, 0.25) is 6.29 Å². The van der Waals surface area contributed by atoms with Gasteiger partial charge >= 0.3 is 5.97 Å². The van der Waals surface area contributed by atoms with Gasteiger partial charge in [0.25, 0.3) is 0 Å². The second-order valence-corrected chi connectivity index (χ2v) is 31.4. The molecule has 4 saturated carbocycles. The van der Waals surface area contributed by atoms with Crippen LogP contribution in [0.15, 0.2) is 11.6 Å². The lowest BCUT2D eigenvalue weighted by Gasteiger charge is -2.71. The molecule has 5 aliphatic carbocycles. The SMILES string of the molecule is C[C@@H]1O[C@@H](O[C@H]2[C@H](O[C@H]3CC[C@]4(C)[C@H]5CC=C6[C@@H]7CC(C)(C)CC[C@]7(C(=O)O[C@@H]7O[C@H](CO[C@@H]8O[C@H](CO)[C@@H](O[C@@H]9O[C@@H](C)[C@H](O)[C@@H](O)[C@H]9O)[C@H](O)[C@H]8O)[C@@H](O)[C@H](O)[C@H]7O)CC[C@@]6(CO)[C@]5(C)CC[C@H]4C3(C)C)OC[C@H](O[C@@H]3O[C@H](CO)[C@@H](O)[C@H](O)[C@H]3O)[C@@H]2O)[C@H](O)[C@H](O)[C@H]1O. The first-order chi connectivity index (χ1) is 45.1.